The predicted octanol–water partition coefficient (Wildman–Crippen LogP) is 2.49. The molecule has 0 saturated heterocycles. The normalized spacial score (nSPS) is 11.1. The molecule has 0 fully saturated rings. The number of benzene rings is 2. The van der Waals surface area contributed by atoms with E-state index in [9.17, 15) is 18.1 Å². The number of hydrogen-bond donors (Lipinski definition) is 1. The predicted molar refractivity (Wildman–Crippen MR) is 109 cm³/mol. The Balaban J connectivity index is 0.00000420. The number of ether oxygens (including phenoxy) is 1. The van der Waals surface area contributed by atoms with Gasteiger partial charge in [-0.2, -0.15) is 8.42 Å². The number of para-hydroxylation sites is 1. The van der Waals surface area contributed by atoms with Crippen molar-refractivity contribution < 1.29 is 52.4 Å². The molecule has 5 nitrogen and oxygen atoms in total. The van der Waals surface area contributed by atoms with Crippen LogP contribution in [0.5, 0.6) is 17.2 Å². The summed E-state index contributed by atoms with van der Waals surface area (Å²) in [6.45, 7) is 2.18. The Bertz CT molecular complexity index is 838. The topological polar surface area (TPSA) is 86.7 Å². The first-order valence-electron chi connectivity index (χ1n) is 9.96. The van der Waals surface area contributed by atoms with Crippen LogP contribution in [-0.2, 0) is 16.5 Å². The van der Waals surface area contributed by atoms with Crippen LogP contribution >= 0.6 is 0 Å². The number of unbranched alkanes of at least 4 members (excludes halogenated alkanes) is 7. The molecule has 2 aromatic rings. The van der Waals surface area contributed by atoms with Crippen LogP contribution in [0, 0.1) is 0 Å². The Labute approximate surface area is 196 Å². The molecule has 2 aromatic carbocycles. The summed E-state index contributed by atoms with van der Waals surface area (Å²) in [7, 11) is -4.46. The molecule has 0 aliphatic heterocycles. The Morgan fingerprint density at radius 1 is 0.897 bits per heavy atom. The van der Waals surface area contributed by atoms with Gasteiger partial charge in [0, 0.05) is 0 Å². The van der Waals surface area contributed by atoms with Crippen LogP contribution in [-0.4, -0.2) is 13.0 Å². The smallest absolute Gasteiger partial charge is 0.870 e. The average molecular weight is 429 g/mol. The number of rotatable bonds is 12. The van der Waals surface area contributed by atoms with Crippen molar-refractivity contribution in [2.75, 3.05) is 0 Å². The molecule has 2 rings (SSSR count). The molecule has 0 aliphatic carbocycles. The molecule has 0 aromatic heterocycles. The second kappa shape index (κ2) is 13.3. The molecular weight excluding hydrogens is 399 g/mol. The van der Waals surface area contributed by atoms with Crippen LogP contribution < -0.4 is 39.4 Å². The van der Waals surface area contributed by atoms with Crippen molar-refractivity contribution in [3.8, 4) is 17.2 Å². The minimum absolute atomic E-state index is 0. The first-order chi connectivity index (χ1) is 13.4. The molecule has 0 heterocycles. The quantitative estimate of drug-likeness (QED) is 0.319. The summed E-state index contributed by atoms with van der Waals surface area (Å²) >= 11 is 0. The van der Waals surface area contributed by atoms with Gasteiger partial charge in [0.25, 0.3) is 10.1 Å². The summed E-state index contributed by atoms with van der Waals surface area (Å²) in [4.78, 5) is -0.319. The van der Waals surface area contributed by atoms with Gasteiger partial charge in [0.1, 0.15) is 11.5 Å². The van der Waals surface area contributed by atoms with Gasteiger partial charge in [0.15, 0.2) is 0 Å². The third-order valence-electron chi connectivity index (χ3n) is 4.71. The molecule has 0 unspecified atom stereocenters. The van der Waals surface area contributed by atoms with Gasteiger partial charge in [-0.05, 0) is 42.7 Å². The summed E-state index contributed by atoms with van der Waals surface area (Å²) < 4.78 is 38.5. The summed E-state index contributed by atoms with van der Waals surface area (Å²) in [6.07, 6.45) is 9.03. The van der Waals surface area contributed by atoms with Crippen molar-refractivity contribution >= 4 is 10.1 Å². The minimum atomic E-state index is -4.46. The van der Waals surface area contributed by atoms with E-state index in [2.05, 4.69) is 6.92 Å². The maximum Gasteiger partial charge on any atom is 1.00 e. The van der Waals surface area contributed by atoms with Crippen molar-refractivity contribution in [1.82, 2.24) is 0 Å². The van der Waals surface area contributed by atoms with E-state index in [4.69, 9.17) is 4.74 Å². The average Bonchev–Trinajstić information content (AvgIpc) is 2.66. The fourth-order valence-electron chi connectivity index (χ4n) is 3.20. The van der Waals surface area contributed by atoms with Gasteiger partial charge in [-0.25, -0.2) is 0 Å². The van der Waals surface area contributed by atoms with Crippen LogP contribution in [0.1, 0.15) is 63.9 Å². The van der Waals surface area contributed by atoms with Crippen molar-refractivity contribution in [2.45, 2.75) is 69.6 Å². The van der Waals surface area contributed by atoms with Crippen LogP contribution in [0.3, 0.4) is 0 Å². The van der Waals surface area contributed by atoms with E-state index in [0.717, 1.165) is 19.3 Å². The molecule has 0 amide bonds. The molecular formula is C22H29NaO5S. The molecule has 29 heavy (non-hydrogen) atoms. The maximum atomic E-state index is 12.8. The molecule has 154 valence electrons. The van der Waals surface area contributed by atoms with E-state index in [-0.39, 0.29) is 45.8 Å². The van der Waals surface area contributed by atoms with E-state index in [1.165, 1.54) is 37.8 Å². The van der Waals surface area contributed by atoms with Crippen LogP contribution in [0.4, 0.5) is 0 Å². The van der Waals surface area contributed by atoms with E-state index in [1.807, 2.05) is 6.07 Å². The first kappa shape index (κ1) is 26.0. The van der Waals surface area contributed by atoms with Gasteiger partial charge >= 0.3 is 29.6 Å². The van der Waals surface area contributed by atoms with Gasteiger partial charge in [0.2, 0.25) is 0 Å². The van der Waals surface area contributed by atoms with Crippen molar-refractivity contribution in [1.29, 1.82) is 0 Å². The van der Waals surface area contributed by atoms with Crippen molar-refractivity contribution in [3.05, 3.63) is 48.0 Å². The van der Waals surface area contributed by atoms with Gasteiger partial charge in [-0.15, -0.1) is 0 Å². The second-order valence-electron chi connectivity index (χ2n) is 6.98. The van der Waals surface area contributed by atoms with E-state index < -0.39 is 15.9 Å². The SMILES string of the molecule is CCCCCCCCCCc1c(S(=O)(=O)O)ccc(Oc2ccccc2)c1[O-].[Na+]. The third-order valence-corrected chi connectivity index (χ3v) is 5.65. The van der Waals surface area contributed by atoms with Crippen molar-refractivity contribution in [2.24, 2.45) is 0 Å². The fourth-order valence-corrected chi connectivity index (χ4v) is 3.94. The van der Waals surface area contributed by atoms with Gasteiger partial charge in [-0.3, -0.25) is 4.55 Å². The van der Waals surface area contributed by atoms with Crippen LogP contribution in [0.15, 0.2) is 47.4 Å². The van der Waals surface area contributed by atoms with Gasteiger partial charge in [-0.1, -0.05) is 75.8 Å². The van der Waals surface area contributed by atoms with E-state index in [1.54, 1.807) is 24.3 Å². The molecule has 0 atom stereocenters. The standard InChI is InChI=1S/C22H30O5S.Na/c1-2-3-4-5-6-7-8-12-15-19-21(28(24,25)26)17-16-20(22(19)23)27-18-13-10-9-11-14-18;/h9-11,13-14,16-17,23H,2-8,12,15H2,1H3,(H,24,25,26);/q;+1/p-1. The molecule has 7 heteroatoms. The maximum absolute atomic E-state index is 12.8. The molecule has 0 radical (unpaired) electrons. The Morgan fingerprint density at radius 2 is 1.48 bits per heavy atom. The number of hydrogen-bond acceptors (Lipinski definition) is 4. The first-order valence-corrected chi connectivity index (χ1v) is 11.4. The molecule has 1 N–H and O–H groups in total. The molecule has 0 spiro atoms. The van der Waals surface area contributed by atoms with Gasteiger partial charge in [0.05, 0.1) is 4.90 Å². The van der Waals surface area contributed by atoms with E-state index >= 15 is 0 Å². The largest absolute Gasteiger partial charge is 1.00 e. The Kier molecular flexibility index (Phi) is 11.9. The monoisotopic (exact) mass is 428 g/mol. The van der Waals surface area contributed by atoms with Crippen molar-refractivity contribution in [3.63, 3.8) is 0 Å². The second-order valence-corrected chi connectivity index (χ2v) is 8.37. The minimum Gasteiger partial charge on any atom is -0.870 e. The molecule has 0 saturated carbocycles. The Hall–Kier alpha value is -1.05. The summed E-state index contributed by atoms with van der Waals surface area (Å²) in [5.41, 5.74) is 0.0990. The third kappa shape index (κ3) is 8.69. The van der Waals surface area contributed by atoms with Gasteiger partial charge < -0.3 is 9.84 Å². The van der Waals surface area contributed by atoms with Crippen LogP contribution in [0.2, 0.25) is 0 Å². The zero-order valence-electron chi connectivity index (χ0n) is 17.4. The zero-order valence-corrected chi connectivity index (χ0v) is 20.2. The van der Waals surface area contributed by atoms with E-state index in [0.29, 0.717) is 18.6 Å². The summed E-state index contributed by atoms with van der Waals surface area (Å²) in [5.74, 6) is 0.0762. The van der Waals surface area contributed by atoms with Crippen LogP contribution in [0.25, 0.3) is 0 Å². The summed E-state index contributed by atoms with van der Waals surface area (Å²) in [6, 6.07) is 11.4. The molecule has 0 bridgehead atoms. The molecule has 0 aliphatic rings. The zero-order chi connectivity index (χ0) is 20.4. The Morgan fingerprint density at radius 3 is 2.07 bits per heavy atom. The fraction of sp³-hybridized carbons (Fsp3) is 0.455. The summed E-state index contributed by atoms with van der Waals surface area (Å²) in [5, 5.41) is 12.8.